The maximum absolute atomic E-state index is 14.1. The highest BCUT2D eigenvalue weighted by Gasteiger charge is 2.36. The third kappa shape index (κ3) is 3.72. The molecule has 2 aromatic rings. The van der Waals surface area contributed by atoms with E-state index in [4.69, 9.17) is 10.5 Å². The van der Waals surface area contributed by atoms with Crippen LogP contribution in [0.1, 0.15) is 29.2 Å². The van der Waals surface area contributed by atoms with E-state index in [9.17, 15) is 13.0 Å². The minimum absolute atomic E-state index is 0.0875. The van der Waals surface area contributed by atoms with Gasteiger partial charge < -0.3 is 10.5 Å². The predicted octanol–water partition coefficient (Wildman–Crippen LogP) is 2.84. The van der Waals surface area contributed by atoms with E-state index in [0.717, 1.165) is 41.7 Å². The first-order chi connectivity index (χ1) is 13.2. The van der Waals surface area contributed by atoms with Gasteiger partial charge in [-0.2, -0.15) is 0 Å². The van der Waals surface area contributed by atoms with Crippen LogP contribution in [0.15, 0.2) is 41.3 Å². The Morgan fingerprint density at radius 1 is 1.18 bits per heavy atom. The smallest absolute Gasteiger partial charge is 0.129 e. The van der Waals surface area contributed by atoms with Gasteiger partial charge >= 0.3 is 0 Å². The fourth-order valence-corrected chi connectivity index (χ4v) is 4.82. The summed E-state index contributed by atoms with van der Waals surface area (Å²) in [6.45, 7) is 1.88. The Morgan fingerprint density at radius 2 is 1.93 bits per heavy atom. The molecule has 0 spiro atoms. The quantitative estimate of drug-likeness (QED) is 0.797. The molecule has 7 heteroatoms. The maximum atomic E-state index is 14.1. The molecular weight excluding hydrogens is 382 g/mol. The van der Waals surface area contributed by atoms with E-state index >= 15 is 0 Å². The summed E-state index contributed by atoms with van der Waals surface area (Å²) in [7, 11) is -2.25. The van der Waals surface area contributed by atoms with Crippen LogP contribution in [0.5, 0.6) is 0 Å². The Bertz CT molecular complexity index is 1010. The number of halogens is 2. The first-order valence-electron chi connectivity index (χ1n) is 9.22. The summed E-state index contributed by atoms with van der Waals surface area (Å²) >= 11 is 0. The Morgan fingerprint density at radius 3 is 2.64 bits per heavy atom. The van der Waals surface area contributed by atoms with Crippen molar-refractivity contribution in [2.45, 2.75) is 42.6 Å². The molecule has 1 unspecified atom stereocenters. The molecule has 0 bridgehead atoms. The third-order valence-corrected chi connectivity index (χ3v) is 6.86. The topological polar surface area (TPSA) is 55.6 Å². The molecular formula is C21H24F2N2O2S. The van der Waals surface area contributed by atoms with Crippen molar-refractivity contribution in [3.8, 4) is 0 Å². The van der Waals surface area contributed by atoms with E-state index < -0.39 is 33.3 Å². The van der Waals surface area contributed by atoms with Crippen LogP contribution in [-0.2, 0) is 27.3 Å². The fourth-order valence-electron chi connectivity index (χ4n) is 4.08. The molecule has 0 aromatic heterocycles. The summed E-state index contributed by atoms with van der Waals surface area (Å²) in [6, 6.07) is 8.88. The van der Waals surface area contributed by atoms with Gasteiger partial charge in [-0.25, -0.2) is 8.78 Å². The maximum Gasteiger partial charge on any atom is 0.129 e. The van der Waals surface area contributed by atoms with E-state index in [1.807, 2.05) is 18.2 Å². The summed E-state index contributed by atoms with van der Waals surface area (Å²) in [5.74, 6) is 2.75. The summed E-state index contributed by atoms with van der Waals surface area (Å²) in [5.41, 5.74) is 8.80. The lowest BCUT2D eigenvalue weighted by molar-refractivity contribution is -0.0531. The van der Waals surface area contributed by atoms with E-state index in [0.29, 0.717) is 13.0 Å². The van der Waals surface area contributed by atoms with Gasteiger partial charge in [0.2, 0.25) is 0 Å². The number of nitrogens with two attached hydrogens (primary N) is 1. The van der Waals surface area contributed by atoms with Crippen LogP contribution in [0.3, 0.4) is 0 Å². The van der Waals surface area contributed by atoms with Gasteiger partial charge in [-0.3, -0.25) is 9.11 Å². The average Bonchev–Trinajstić information content (AvgIpc) is 3.06. The van der Waals surface area contributed by atoms with Gasteiger partial charge in [0.05, 0.1) is 6.61 Å². The Labute approximate surface area is 164 Å². The normalized spacial score (nSPS) is 27.4. The van der Waals surface area contributed by atoms with Crippen LogP contribution in [0.25, 0.3) is 0 Å². The summed E-state index contributed by atoms with van der Waals surface area (Å²) < 4.78 is 45.7. The average molecular weight is 406 g/mol. The number of fused-ring (bicyclic) bond motifs is 1. The molecule has 2 aliphatic rings. The molecule has 150 valence electrons. The predicted molar refractivity (Wildman–Crippen MR) is 107 cm³/mol. The number of hydrogen-bond acceptors (Lipinski definition) is 4. The highest BCUT2D eigenvalue weighted by atomic mass is 32.2. The van der Waals surface area contributed by atoms with Crippen LogP contribution in [0.2, 0.25) is 0 Å². The third-order valence-electron chi connectivity index (χ3n) is 5.61. The van der Waals surface area contributed by atoms with Crippen molar-refractivity contribution >= 4 is 15.4 Å². The van der Waals surface area contributed by atoms with Gasteiger partial charge in [-0.05, 0) is 63.3 Å². The highest BCUT2D eigenvalue weighted by molar-refractivity contribution is 7.99. The molecule has 4 atom stereocenters. The highest BCUT2D eigenvalue weighted by Crippen LogP contribution is 2.34. The lowest BCUT2D eigenvalue weighted by Gasteiger charge is -2.38. The number of hydrogen-bond donors (Lipinski definition) is 1. The van der Waals surface area contributed by atoms with E-state index in [1.54, 1.807) is 6.26 Å². The number of rotatable bonds is 3. The van der Waals surface area contributed by atoms with Crippen molar-refractivity contribution in [3.05, 3.63) is 64.7 Å². The second-order valence-corrected chi connectivity index (χ2v) is 10.3. The van der Waals surface area contributed by atoms with Gasteiger partial charge in [0.25, 0.3) is 0 Å². The Hall–Kier alpha value is -1.80. The Balaban J connectivity index is 1.47. The monoisotopic (exact) mass is 406 g/mol. The van der Waals surface area contributed by atoms with Gasteiger partial charge in [0.1, 0.15) is 17.7 Å². The first kappa shape index (κ1) is 19.5. The second-order valence-electron chi connectivity index (χ2n) is 7.81. The number of nitrogens with zero attached hydrogens (tertiary/aromatic N) is 1. The van der Waals surface area contributed by atoms with E-state index in [2.05, 4.69) is 10.8 Å². The van der Waals surface area contributed by atoms with Crippen LogP contribution < -0.4 is 5.73 Å². The van der Waals surface area contributed by atoms with Crippen molar-refractivity contribution in [2.24, 2.45) is 5.73 Å². The molecule has 2 aliphatic heterocycles. The molecule has 28 heavy (non-hydrogen) atoms. The molecule has 1 saturated heterocycles. The van der Waals surface area contributed by atoms with Gasteiger partial charge in [0, 0.05) is 41.9 Å². The van der Waals surface area contributed by atoms with Gasteiger partial charge in [-0.15, -0.1) is 0 Å². The molecule has 0 radical (unpaired) electrons. The lowest BCUT2D eigenvalue weighted by Crippen LogP contribution is -2.47. The van der Waals surface area contributed by atoms with Crippen molar-refractivity contribution in [2.75, 3.05) is 12.9 Å². The summed E-state index contributed by atoms with van der Waals surface area (Å²) in [5, 5.41) is 0. The molecule has 2 aromatic carbocycles. The molecule has 4 rings (SSSR count). The molecule has 2 heterocycles. The van der Waals surface area contributed by atoms with Gasteiger partial charge in [0.15, 0.2) is 0 Å². The SMILES string of the molecule is C=S(C)(=O)c1ccc2c(c1)CN([C@H]1CO[C@H](c3cc(F)ccc3F)[C@@H](N)C1)C2. The minimum Gasteiger partial charge on any atom is -0.370 e. The van der Waals surface area contributed by atoms with Crippen molar-refractivity contribution in [1.82, 2.24) is 4.90 Å². The first-order valence-corrected chi connectivity index (χ1v) is 11.4. The molecule has 0 aliphatic carbocycles. The molecule has 0 amide bonds. The molecule has 2 N–H and O–H groups in total. The summed E-state index contributed by atoms with van der Waals surface area (Å²) in [6.07, 6.45) is 1.61. The van der Waals surface area contributed by atoms with E-state index in [1.165, 1.54) is 5.56 Å². The summed E-state index contributed by atoms with van der Waals surface area (Å²) in [4.78, 5) is 3.03. The zero-order valence-electron chi connectivity index (χ0n) is 15.7. The second kappa shape index (κ2) is 7.22. The van der Waals surface area contributed by atoms with Gasteiger partial charge in [-0.1, -0.05) is 6.07 Å². The fraction of sp³-hybridized carbons (Fsp3) is 0.381. The standard InChI is InChI=1S/C21H24F2N2O2S/c1-28(2,26)17-5-3-13-10-25(11-14(13)7-17)16-9-20(24)21(27-12-16)18-8-15(22)4-6-19(18)23/h3-8,16,20-21H,1,9-12,24H2,2H3/t16-,20+,21-,28?/m1/s1. The van der Waals surface area contributed by atoms with Crippen molar-refractivity contribution in [3.63, 3.8) is 0 Å². The van der Waals surface area contributed by atoms with Crippen molar-refractivity contribution in [1.29, 1.82) is 0 Å². The zero-order valence-corrected chi connectivity index (χ0v) is 16.6. The molecule has 0 saturated carbocycles. The van der Waals surface area contributed by atoms with Crippen LogP contribution in [-0.4, -0.2) is 39.9 Å². The largest absolute Gasteiger partial charge is 0.370 e. The molecule has 4 nitrogen and oxygen atoms in total. The lowest BCUT2D eigenvalue weighted by atomic mass is 9.93. The van der Waals surface area contributed by atoms with Crippen LogP contribution in [0, 0.1) is 11.6 Å². The number of benzene rings is 2. The minimum atomic E-state index is -2.25. The number of ether oxygens (including phenoxy) is 1. The molecule has 1 fully saturated rings. The van der Waals surface area contributed by atoms with E-state index in [-0.39, 0.29) is 11.6 Å². The van der Waals surface area contributed by atoms with Crippen molar-refractivity contribution < 1.29 is 17.7 Å². The Kier molecular flexibility index (Phi) is 5.03. The van der Waals surface area contributed by atoms with Crippen LogP contribution in [0.4, 0.5) is 8.78 Å². The van der Waals surface area contributed by atoms with Crippen LogP contribution >= 0.6 is 0 Å². The zero-order chi connectivity index (χ0) is 20.1.